The molecule has 0 spiro atoms. The summed E-state index contributed by atoms with van der Waals surface area (Å²) in [5.41, 5.74) is 5.08. The van der Waals surface area contributed by atoms with Crippen molar-refractivity contribution in [2.75, 3.05) is 11.1 Å². The largest absolute Gasteiger partial charge is 0.349 e. The zero-order valence-electron chi connectivity index (χ0n) is 14.8. The van der Waals surface area contributed by atoms with Crippen molar-refractivity contribution in [3.05, 3.63) is 59.2 Å². The predicted molar refractivity (Wildman–Crippen MR) is 113 cm³/mol. The van der Waals surface area contributed by atoms with Crippen LogP contribution >= 0.6 is 23.5 Å². The molecule has 2 N–H and O–H groups in total. The molecule has 27 heavy (non-hydrogen) atoms. The minimum Gasteiger partial charge on any atom is -0.349 e. The fourth-order valence-electron chi connectivity index (χ4n) is 3.10. The number of hydrogen-bond donors (Lipinski definition) is 2. The molecule has 2 amide bonds. The van der Waals surface area contributed by atoms with Crippen molar-refractivity contribution < 1.29 is 9.59 Å². The van der Waals surface area contributed by atoms with Gasteiger partial charge in [-0.05, 0) is 35.7 Å². The summed E-state index contributed by atoms with van der Waals surface area (Å²) in [7, 11) is 0. The fourth-order valence-corrected chi connectivity index (χ4v) is 4.97. The number of para-hydroxylation sites is 1. The molecule has 0 saturated heterocycles. The average molecular weight is 398 g/mol. The highest BCUT2D eigenvalue weighted by Crippen LogP contribution is 2.34. The first kappa shape index (κ1) is 18.1. The first-order valence-corrected chi connectivity index (χ1v) is 10.7. The second kappa shape index (κ2) is 7.78. The van der Waals surface area contributed by atoms with Gasteiger partial charge in [0.2, 0.25) is 11.8 Å². The molecule has 2 aliphatic rings. The van der Waals surface area contributed by atoms with Crippen LogP contribution in [-0.4, -0.2) is 21.9 Å². The molecule has 0 aliphatic carbocycles. The first-order valence-electron chi connectivity index (χ1n) is 8.73. The van der Waals surface area contributed by atoms with Crippen molar-refractivity contribution in [1.29, 1.82) is 0 Å². The number of benzene rings is 2. The Bertz CT molecular complexity index is 943. The van der Waals surface area contributed by atoms with Crippen molar-refractivity contribution in [2.45, 2.75) is 25.1 Å². The molecule has 2 heterocycles. The number of hydrogen-bond acceptors (Lipinski definition) is 5. The van der Waals surface area contributed by atoms with Gasteiger partial charge < -0.3 is 10.6 Å². The molecular weight excluding hydrogens is 378 g/mol. The lowest BCUT2D eigenvalue weighted by Gasteiger charge is -2.16. The lowest BCUT2D eigenvalue weighted by Crippen LogP contribution is -2.28. The number of carbonyl (C=O) groups is 2. The summed E-state index contributed by atoms with van der Waals surface area (Å²) in [6, 6.07) is 13.8. The Labute approximate surface area is 166 Å². The SMILES string of the molecule is CC(NC(=O)CSC1=Nc2ccccc2CS1)c1ccc2c(c1)CC(=O)N2. The average Bonchev–Trinajstić information content (AvgIpc) is 3.05. The minimum atomic E-state index is -0.110. The summed E-state index contributed by atoms with van der Waals surface area (Å²) in [4.78, 5) is 28.4. The van der Waals surface area contributed by atoms with Gasteiger partial charge in [-0.25, -0.2) is 4.99 Å². The number of anilines is 1. The van der Waals surface area contributed by atoms with E-state index < -0.39 is 0 Å². The van der Waals surface area contributed by atoms with Gasteiger partial charge in [0.1, 0.15) is 4.38 Å². The van der Waals surface area contributed by atoms with Crippen LogP contribution in [0.15, 0.2) is 47.5 Å². The summed E-state index contributed by atoms with van der Waals surface area (Å²) in [6.45, 7) is 1.96. The van der Waals surface area contributed by atoms with E-state index in [1.54, 1.807) is 11.8 Å². The quantitative estimate of drug-likeness (QED) is 0.817. The maximum atomic E-state index is 12.3. The first-order chi connectivity index (χ1) is 13.1. The van der Waals surface area contributed by atoms with E-state index in [1.165, 1.54) is 17.3 Å². The lowest BCUT2D eigenvalue weighted by molar-refractivity contribution is -0.119. The van der Waals surface area contributed by atoms with Gasteiger partial charge in [0.15, 0.2) is 0 Å². The van der Waals surface area contributed by atoms with Crippen molar-refractivity contribution >= 4 is 51.1 Å². The Morgan fingerprint density at radius 3 is 3.04 bits per heavy atom. The van der Waals surface area contributed by atoms with Gasteiger partial charge in [0.25, 0.3) is 0 Å². The Kier molecular flexibility index (Phi) is 5.22. The smallest absolute Gasteiger partial charge is 0.230 e. The Morgan fingerprint density at radius 1 is 1.30 bits per heavy atom. The number of fused-ring (bicyclic) bond motifs is 2. The maximum absolute atomic E-state index is 12.3. The molecular formula is C20H19N3O2S2. The Balaban J connectivity index is 1.33. The highest BCUT2D eigenvalue weighted by atomic mass is 32.2. The molecule has 2 aliphatic heterocycles. The van der Waals surface area contributed by atoms with Gasteiger partial charge in [0, 0.05) is 11.4 Å². The van der Waals surface area contributed by atoms with Gasteiger partial charge in [0.05, 0.1) is 23.9 Å². The normalized spacial score (nSPS) is 16.0. The predicted octanol–water partition coefficient (Wildman–Crippen LogP) is 4.03. The van der Waals surface area contributed by atoms with Crippen LogP contribution in [0.25, 0.3) is 0 Å². The van der Waals surface area contributed by atoms with Gasteiger partial charge in [-0.2, -0.15) is 0 Å². The Morgan fingerprint density at radius 2 is 2.15 bits per heavy atom. The number of carbonyl (C=O) groups excluding carboxylic acids is 2. The monoisotopic (exact) mass is 397 g/mol. The molecule has 0 fully saturated rings. The standard InChI is InChI=1S/C20H19N3O2S2/c1-12(13-6-7-17-15(8-13)9-18(24)22-17)21-19(25)11-27-20-23-16-5-3-2-4-14(16)10-26-20/h2-8,12H,9-11H2,1H3,(H,21,25)(H,22,24). The van der Waals surface area contributed by atoms with E-state index >= 15 is 0 Å². The van der Waals surface area contributed by atoms with E-state index in [1.807, 2.05) is 43.3 Å². The molecule has 0 saturated carbocycles. The molecule has 0 aromatic heterocycles. The molecule has 2 aromatic carbocycles. The summed E-state index contributed by atoms with van der Waals surface area (Å²) in [6.07, 6.45) is 0.401. The van der Waals surface area contributed by atoms with Crippen LogP contribution in [0.5, 0.6) is 0 Å². The fraction of sp³-hybridized carbons (Fsp3) is 0.250. The highest BCUT2D eigenvalue weighted by Gasteiger charge is 2.20. The van der Waals surface area contributed by atoms with Gasteiger partial charge >= 0.3 is 0 Å². The third kappa shape index (κ3) is 4.20. The molecule has 2 aromatic rings. The van der Waals surface area contributed by atoms with Gasteiger partial charge in [-0.3, -0.25) is 9.59 Å². The summed E-state index contributed by atoms with van der Waals surface area (Å²) in [5, 5.41) is 5.85. The van der Waals surface area contributed by atoms with Gasteiger partial charge in [-0.1, -0.05) is 53.9 Å². The third-order valence-electron chi connectivity index (χ3n) is 4.51. The number of nitrogens with one attached hydrogen (secondary N) is 2. The molecule has 1 unspecified atom stereocenters. The van der Waals surface area contributed by atoms with Crippen LogP contribution in [-0.2, 0) is 21.8 Å². The topological polar surface area (TPSA) is 70.6 Å². The van der Waals surface area contributed by atoms with Crippen LogP contribution in [0.3, 0.4) is 0 Å². The van der Waals surface area contributed by atoms with Crippen molar-refractivity contribution in [3.63, 3.8) is 0 Å². The number of aliphatic imine (C=N–C) groups is 1. The van der Waals surface area contributed by atoms with E-state index in [9.17, 15) is 9.59 Å². The van der Waals surface area contributed by atoms with Gasteiger partial charge in [-0.15, -0.1) is 0 Å². The zero-order valence-corrected chi connectivity index (χ0v) is 16.5. The molecule has 0 radical (unpaired) electrons. The molecule has 5 nitrogen and oxygen atoms in total. The number of amides is 2. The molecule has 1 atom stereocenters. The highest BCUT2D eigenvalue weighted by molar-refractivity contribution is 8.38. The third-order valence-corrected chi connectivity index (χ3v) is 6.76. The van der Waals surface area contributed by atoms with Crippen LogP contribution in [0.2, 0.25) is 0 Å². The molecule has 7 heteroatoms. The second-order valence-electron chi connectivity index (χ2n) is 6.51. The number of rotatable bonds is 4. The summed E-state index contributed by atoms with van der Waals surface area (Å²) >= 11 is 3.14. The second-order valence-corrected chi connectivity index (χ2v) is 8.70. The number of nitrogens with zero attached hydrogens (tertiary/aromatic N) is 1. The van der Waals surface area contributed by atoms with Crippen LogP contribution in [0, 0.1) is 0 Å². The Hall–Kier alpha value is -2.25. The summed E-state index contributed by atoms with van der Waals surface area (Å²) < 4.78 is 0.929. The maximum Gasteiger partial charge on any atom is 0.230 e. The minimum absolute atomic E-state index is 0.0163. The van der Waals surface area contributed by atoms with E-state index in [2.05, 4.69) is 21.7 Å². The lowest BCUT2D eigenvalue weighted by atomic mass is 10.0. The van der Waals surface area contributed by atoms with Crippen LogP contribution in [0.4, 0.5) is 11.4 Å². The van der Waals surface area contributed by atoms with Crippen molar-refractivity contribution in [1.82, 2.24) is 5.32 Å². The molecule has 4 rings (SSSR count). The van der Waals surface area contributed by atoms with E-state index in [4.69, 9.17) is 0 Å². The van der Waals surface area contributed by atoms with E-state index in [0.29, 0.717) is 12.2 Å². The number of thioether (sulfide) groups is 2. The summed E-state index contributed by atoms with van der Waals surface area (Å²) in [5.74, 6) is 1.22. The molecule has 138 valence electrons. The van der Waals surface area contributed by atoms with Crippen molar-refractivity contribution in [2.24, 2.45) is 4.99 Å². The zero-order chi connectivity index (χ0) is 18.8. The molecule has 0 bridgehead atoms. The van der Waals surface area contributed by atoms with Crippen LogP contribution in [0.1, 0.15) is 29.7 Å². The van der Waals surface area contributed by atoms with Crippen LogP contribution < -0.4 is 10.6 Å². The van der Waals surface area contributed by atoms with Crippen molar-refractivity contribution in [3.8, 4) is 0 Å². The van der Waals surface area contributed by atoms with E-state index in [-0.39, 0.29) is 17.9 Å². The van der Waals surface area contributed by atoms with E-state index in [0.717, 1.165) is 32.6 Å².